The van der Waals surface area contributed by atoms with Gasteiger partial charge in [-0.15, -0.1) is 0 Å². The average Bonchev–Trinajstić information content (AvgIpc) is 3.50. The molecular formula is C31H43N7O2. The lowest BCUT2D eigenvalue weighted by atomic mass is 9.74. The molecule has 2 aromatic rings. The normalized spacial score (nSPS) is 23.5. The summed E-state index contributed by atoms with van der Waals surface area (Å²) in [6, 6.07) is 9.20. The third-order valence-corrected chi connectivity index (χ3v) is 9.37. The van der Waals surface area contributed by atoms with Crippen LogP contribution in [0.5, 0.6) is 0 Å². The highest BCUT2D eigenvalue weighted by molar-refractivity contribution is 5.96. The van der Waals surface area contributed by atoms with Gasteiger partial charge in [0, 0.05) is 30.4 Å². The highest BCUT2D eigenvalue weighted by Crippen LogP contribution is 2.38. The Balaban J connectivity index is 1.27. The van der Waals surface area contributed by atoms with Crippen molar-refractivity contribution in [2.45, 2.75) is 88.8 Å². The molecule has 1 aromatic carbocycles. The van der Waals surface area contributed by atoms with E-state index in [1.54, 1.807) is 0 Å². The number of nitrogens with two attached hydrogens (primary N) is 1. The summed E-state index contributed by atoms with van der Waals surface area (Å²) in [4.78, 5) is 37.9. The Morgan fingerprint density at radius 1 is 1.07 bits per heavy atom. The molecule has 2 atom stereocenters. The molecule has 2 saturated heterocycles. The summed E-state index contributed by atoms with van der Waals surface area (Å²) in [6.07, 6.45) is 12.4. The minimum absolute atomic E-state index is 0.000610. The van der Waals surface area contributed by atoms with Crippen molar-refractivity contribution in [2.75, 3.05) is 30.3 Å². The number of hydrogen-bond acceptors (Lipinski definition) is 7. The number of amides is 2. The van der Waals surface area contributed by atoms with Crippen LogP contribution in [0.1, 0.15) is 81.3 Å². The van der Waals surface area contributed by atoms with E-state index in [0.717, 1.165) is 50.5 Å². The van der Waals surface area contributed by atoms with E-state index in [4.69, 9.17) is 5.73 Å². The van der Waals surface area contributed by atoms with E-state index < -0.39 is 5.91 Å². The predicted octanol–water partition coefficient (Wildman–Crippen LogP) is 4.59. The minimum atomic E-state index is -0.645. The number of nitrogens with zero attached hydrogens (tertiary/aromatic N) is 4. The molecule has 1 aliphatic carbocycles. The van der Waals surface area contributed by atoms with Gasteiger partial charge in [-0.3, -0.25) is 9.59 Å². The third-order valence-electron chi connectivity index (χ3n) is 9.37. The zero-order valence-electron chi connectivity index (χ0n) is 23.9. The Morgan fingerprint density at radius 3 is 2.42 bits per heavy atom. The maximum Gasteiger partial charge on any atom is 0.271 e. The van der Waals surface area contributed by atoms with Gasteiger partial charge in [0.05, 0.1) is 6.20 Å². The summed E-state index contributed by atoms with van der Waals surface area (Å²) < 4.78 is 0. The molecule has 4 N–H and O–H groups in total. The van der Waals surface area contributed by atoms with Crippen molar-refractivity contribution in [1.82, 2.24) is 19.8 Å². The number of anilines is 3. The molecular weight excluding hydrogens is 502 g/mol. The number of benzene rings is 1. The van der Waals surface area contributed by atoms with Gasteiger partial charge in [0.1, 0.15) is 5.82 Å². The van der Waals surface area contributed by atoms with Crippen molar-refractivity contribution < 1.29 is 9.59 Å². The smallest absolute Gasteiger partial charge is 0.271 e. The lowest BCUT2D eigenvalue weighted by Crippen LogP contribution is -2.51. The van der Waals surface area contributed by atoms with Crippen LogP contribution in [0.25, 0.3) is 0 Å². The topological polar surface area (TPSA) is 116 Å². The molecule has 2 amide bonds. The first-order chi connectivity index (χ1) is 19.3. The van der Waals surface area contributed by atoms with E-state index in [0.29, 0.717) is 18.2 Å². The molecule has 3 aliphatic rings. The summed E-state index contributed by atoms with van der Waals surface area (Å²) in [5.74, 6) is 0.112. The van der Waals surface area contributed by atoms with Crippen molar-refractivity contribution in [3.63, 3.8) is 0 Å². The van der Waals surface area contributed by atoms with Crippen molar-refractivity contribution >= 4 is 29.1 Å². The second-order valence-corrected chi connectivity index (χ2v) is 11.9. The number of rotatable bonds is 8. The molecule has 1 aromatic heterocycles. The van der Waals surface area contributed by atoms with Gasteiger partial charge in [-0.05, 0) is 87.7 Å². The summed E-state index contributed by atoms with van der Waals surface area (Å²) >= 11 is 0. The highest BCUT2D eigenvalue weighted by Gasteiger charge is 2.35. The van der Waals surface area contributed by atoms with Crippen LogP contribution < -0.4 is 16.4 Å². The Morgan fingerprint density at radius 2 is 1.77 bits per heavy atom. The molecule has 3 fully saturated rings. The standard InChI is InChI=1S/C31H43N7O2/c1-4-27(39)38-17-7-10-25(21(38)2)35-26-20-33-28(29(32)40)30(36-26)34-23-13-11-22(12-14-23)31(3)15-18-37(19-16-31)24-8-5-6-9-24/h4,11-14,20-21,24-25H,1,5-10,15-19H2,2-3H3,(H2,32,40)(H2,34,35,36)/t21-,25-/m1/s1. The molecule has 0 spiro atoms. The van der Waals surface area contributed by atoms with Crippen molar-refractivity contribution in [1.29, 1.82) is 0 Å². The maximum absolute atomic E-state index is 12.3. The molecule has 0 bridgehead atoms. The first-order valence-corrected chi connectivity index (χ1v) is 14.8. The minimum Gasteiger partial charge on any atom is -0.364 e. The van der Waals surface area contributed by atoms with Crippen LogP contribution in [0.2, 0.25) is 0 Å². The summed E-state index contributed by atoms with van der Waals surface area (Å²) in [6.45, 7) is 11.1. The summed E-state index contributed by atoms with van der Waals surface area (Å²) in [5.41, 5.74) is 8.03. The van der Waals surface area contributed by atoms with Crippen LogP contribution in [0.15, 0.2) is 43.1 Å². The van der Waals surface area contributed by atoms with Gasteiger partial charge in [0.25, 0.3) is 5.91 Å². The van der Waals surface area contributed by atoms with Gasteiger partial charge >= 0.3 is 0 Å². The van der Waals surface area contributed by atoms with Gasteiger partial charge in [0.2, 0.25) is 5.91 Å². The average molecular weight is 546 g/mol. The molecule has 9 heteroatoms. The maximum atomic E-state index is 12.3. The van der Waals surface area contributed by atoms with Crippen LogP contribution in [0.3, 0.4) is 0 Å². The number of primary amides is 1. The fourth-order valence-corrected chi connectivity index (χ4v) is 6.71. The lowest BCUT2D eigenvalue weighted by Gasteiger charge is -2.42. The second-order valence-electron chi connectivity index (χ2n) is 11.9. The Hall–Kier alpha value is -3.46. The van der Waals surface area contributed by atoms with Gasteiger partial charge < -0.3 is 26.2 Å². The summed E-state index contributed by atoms with van der Waals surface area (Å²) in [5, 5.41) is 6.68. The highest BCUT2D eigenvalue weighted by atomic mass is 16.2. The molecule has 0 unspecified atom stereocenters. The Kier molecular flexibility index (Phi) is 8.40. The van der Waals surface area contributed by atoms with Crippen LogP contribution in [0, 0.1) is 0 Å². The Labute approximate surface area is 237 Å². The van der Waals surface area contributed by atoms with Crippen molar-refractivity contribution in [3.8, 4) is 0 Å². The quantitative estimate of drug-likeness (QED) is 0.415. The van der Waals surface area contributed by atoms with Crippen LogP contribution >= 0.6 is 0 Å². The first-order valence-electron chi connectivity index (χ1n) is 14.8. The predicted molar refractivity (Wildman–Crippen MR) is 159 cm³/mol. The largest absolute Gasteiger partial charge is 0.364 e. The SMILES string of the molecule is C=CC(=O)N1CCC[C@@H](Nc2cnc(C(N)=O)c(Nc3ccc(C4(C)CCN(C5CCCC5)CC4)cc3)n2)[C@H]1C. The van der Waals surface area contributed by atoms with Gasteiger partial charge in [-0.2, -0.15) is 0 Å². The van der Waals surface area contributed by atoms with E-state index >= 15 is 0 Å². The fraction of sp³-hybridized carbons (Fsp3) is 0.548. The van der Waals surface area contributed by atoms with E-state index in [2.05, 4.69) is 51.1 Å². The summed E-state index contributed by atoms with van der Waals surface area (Å²) in [7, 11) is 0. The molecule has 2 aliphatic heterocycles. The van der Waals surface area contributed by atoms with E-state index in [1.807, 2.05) is 24.0 Å². The zero-order valence-corrected chi connectivity index (χ0v) is 23.9. The van der Waals surface area contributed by atoms with E-state index in [-0.39, 0.29) is 29.1 Å². The zero-order chi connectivity index (χ0) is 28.3. The molecule has 40 heavy (non-hydrogen) atoms. The Bertz CT molecular complexity index is 1220. The van der Waals surface area contributed by atoms with Gasteiger partial charge in [-0.1, -0.05) is 38.5 Å². The molecule has 5 rings (SSSR count). The lowest BCUT2D eigenvalue weighted by molar-refractivity contribution is -0.129. The van der Waals surface area contributed by atoms with Crippen molar-refractivity contribution in [2.24, 2.45) is 5.73 Å². The number of aromatic nitrogens is 2. The molecule has 214 valence electrons. The molecule has 3 heterocycles. The fourth-order valence-electron chi connectivity index (χ4n) is 6.71. The number of carbonyl (C=O) groups excluding carboxylic acids is 2. The van der Waals surface area contributed by atoms with Gasteiger partial charge in [0.15, 0.2) is 11.5 Å². The van der Waals surface area contributed by atoms with Crippen LogP contribution in [0.4, 0.5) is 17.3 Å². The van der Waals surface area contributed by atoms with E-state index in [1.165, 1.54) is 43.5 Å². The van der Waals surface area contributed by atoms with Crippen molar-refractivity contribution in [3.05, 3.63) is 54.4 Å². The third kappa shape index (κ3) is 5.99. The monoisotopic (exact) mass is 545 g/mol. The molecule has 0 radical (unpaired) electrons. The number of carbonyl (C=O) groups is 2. The molecule has 1 saturated carbocycles. The van der Waals surface area contributed by atoms with Crippen LogP contribution in [-0.2, 0) is 10.2 Å². The number of likely N-dealkylation sites (tertiary alicyclic amines) is 2. The van der Waals surface area contributed by atoms with Gasteiger partial charge in [-0.25, -0.2) is 9.97 Å². The number of hydrogen-bond donors (Lipinski definition) is 3. The molecule has 9 nitrogen and oxygen atoms in total. The van der Waals surface area contributed by atoms with Crippen LogP contribution in [-0.4, -0.2) is 69.3 Å². The first kappa shape index (κ1) is 28.1. The van der Waals surface area contributed by atoms with E-state index in [9.17, 15) is 9.59 Å². The second kappa shape index (κ2) is 12.0. The number of piperidine rings is 2. The number of nitrogens with one attached hydrogen (secondary N) is 2.